The summed E-state index contributed by atoms with van der Waals surface area (Å²) >= 11 is 5.77. The second kappa shape index (κ2) is 6.81. The third kappa shape index (κ3) is 4.06. The molecule has 0 aromatic heterocycles. The minimum Gasteiger partial charge on any atom is -0.389 e. The van der Waals surface area contributed by atoms with Crippen molar-refractivity contribution in [1.82, 2.24) is 5.32 Å². The highest BCUT2D eigenvalue weighted by Crippen LogP contribution is 2.19. The highest BCUT2D eigenvalue weighted by atomic mass is 35.5. The van der Waals surface area contributed by atoms with Crippen LogP contribution in [-0.4, -0.2) is 31.5 Å². The van der Waals surface area contributed by atoms with Gasteiger partial charge in [-0.25, -0.2) is 4.39 Å². The van der Waals surface area contributed by atoms with Crippen LogP contribution in [0.4, 0.5) is 4.39 Å². The fraction of sp³-hybridized carbons (Fsp3) is 0.455. The first-order valence-electron chi connectivity index (χ1n) is 4.95. The van der Waals surface area contributed by atoms with Crippen LogP contribution in [0.3, 0.4) is 0 Å². The smallest absolute Gasteiger partial charge is 0.142 e. The van der Waals surface area contributed by atoms with E-state index in [-0.39, 0.29) is 11.6 Å². The monoisotopic (exact) mass is 247 g/mol. The van der Waals surface area contributed by atoms with Gasteiger partial charge < -0.3 is 15.2 Å². The Morgan fingerprint density at radius 1 is 1.56 bits per heavy atom. The molecule has 0 saturated carbocycles. The van der Waals surface area contributed by atoms with Crippen LogP contribution in [0.1, 0.15) is 5.56 Å². The Kier molecular flexibility index (Phi) is 5.69. The Labute approximate surface area is 99.2 Å². The van der Waals surface area contributed by atoms with Crippen molar-refractivity contribution >= 4 is 11.6 Å². The zero-order chi connectivity index (χ0) is 12.0. The highest BCUT2D eigenvalue weighted by Gasteiger charge is 2.06. The number of halogens is 2. The molecule has 0 aliphatic heterocycles. The normalized spacial score (nSPS) is 12.8. The van der Waals surface area contributed by atoms with Crippen molar-refractivity contribution in [3.05, 3.63) is 34.6 Å². The van der Waals surface area contributed by atoms with Gasteiger partial charge in [-0.05, 0) is 11.6 Å². The van der Waals surface area contributed by atoms with E-state index in [1.165, 1.54) is 13.2 Å². The van der Waals surface area contributed by atoms with Gasteiger partial charge >= 0.3 is 0 Å². The van der Waals surface area contributed by atoms with Crippen molar-refractivity contribution in [2.45, 2.75) is 12.6 Å². The van der Waals surface area contributed by atoms with Crippen LogP contribution >= 0.6 is 11.6 Å². The van der Waals surface area contributed by atoms with Crippen LogP contribution in [0.15, 0.2) is 18.2 Å². The van der Waals surface area contributed by atoms with Crippen LogP contribution in [0.2, 0.25) is 5.02 Å². The SMILES string of the molecule is COCC(O)CNCc1cccc(F)c1Cl. The molecule has 3 nitrogen and oxygen atoms in total. The summed E-state index contributed by atoms with van der Waals surface area (Å²) in [5.74, 6) is -0.432. The van der Waals surface area contributed by atoms with Crippen LogP contribution in [0, 0.1) is 5.82 Å². The van der Waals surface area contributed by atoms with Crippen molar-refractivity contribution in [2.75, 3.05) is 20.3 Å². The first-order valence-corrected chi connectivity index (χ1v) is 5.33. The van der Waals surface area contributed by atoms with Crippen molar-refractivity contribution in [3.63, 3.8) is 0 Å². The lowest BCUT2D eigenvalue weighted by molar-refractivity contribution is 0.0644. The molecule has 5 heteroatoms. The number of aliphatic hydroxyl groups is 1. The number of aliphatic hydroxyl groups excluding tert-OH is 1. The number of nitrogens with one attached hydrogen (secondary N) is 1. The molecule has 0 radical (unpaired) electrons. The number of benzene rings is 1. The van der Waals surface area contributed by atoms with Gasteiger partial charge in [0.2, 0.25) is 0 Å². The maximum absolute atomic E-state index is 13.1. The van der Waals surface area contributed by atoms with Crippen molar-refractivity contribution in [1.29, 1.82) is 0 Å². The van der Waals surface area contributed by atoms with Gasteiger partial charge in [-0.2, -0.15) is 0 Å². The van der Waals surface area contributed by atoms with E-state index in [1.54, 1.807) is 12.1 Å². The fourth-order valence-electron chi connectivity index (χ4n) is 1.31. The Bertz CT molecular complexity index is 336. The molecular weight excluding hydrogens is 233 g/mol. The molecule has 0 heterocycles. The number of ether oxygens (including phenoxy) is 1. The summed E-state index contributed by atoms with van der Waals surface area (Å²) in [4.78, 5) is 0. The fourth-order valence-corrected chi connectivity index (χ4v) is 1.50. The van der Waals surface area contributed by atoms with Crippen molar-refractivity contribution in [3.8, 4) is 0 Å². The lowest BCUT2D eigenvalue weighted by Crippen LogP contribution is -2.29. The van der Waals surface area contributed by atoms with Crippen LogP contribution in [-0.2, 0) is 11.3 Å². The molecule has 1 atom stereocenters. The van der Waals surface area contributed by atoms with Gasteiger partial charge in [0.15, 0.2) is 0 Å². The predicted octanol–water partition coefficient (Wildman–Crippen LogP) is 1.58. The summed E-state index contributed by atoms with van der Waals surface area (Å²) in [5, 5.41) is 12.5. The molecule has 90 valence electrons. The summed E-state index contributed by atoms with van der Waals surface area (Å²) in [7, 11) is 1.52. The summed E-state index contributed by atoms with van der Waals surface area (Å²) in [5.41, 5.74) is 0.672. The minimum atomic E-state index is -0.572. The summed E-state index contributed by atoms with van der Waals surface area (Å²) in [6.45, 7) is 1.06. The predicted molar refractivity (Wildman–Crippen MR) is 61.0 cm³/mol. The largest absolute Gasteiger partial charge is 0.389 e. The molecule has 0 fully saturated rings. The minimum absolute atomic E-state index is 0.122. The maximum atomic E-state index is 13.1. The Hall–Kier alpha value is -0.680. The molecule has 2 N–H and O–H groups in total. The molecule has 0 aliphatic rings. The molecule has 1 aromatic carbocycles. The number of hydrogen-bond donors (Lipinski definition) is 2. The molecule has 1 aromatic rings. The van der Waals surface area contributed by atoms with E-state index in [1.807, 2.05) is 0 Å². The van der Waals surface area contributed by atoms with E-state index in [4.69, 9.17) is 16.3 Å². The summed E-state index contributed by atoms with van der Waals surface area (Å²) < 4.78 is 17.8. The van der Waals surface area contributed by atoms with E-state index in [9.17, 15) is 9.50 Å². The molecule has 1 unspecified atom stereocenters. The molecular formula is C11H15ClFNO2. The molecule has 16 heavy (non-hydrogen) atoms. The van der Waals surface area contributed by atoms with E-state index >= 15 is 0 Å². The molecule has 0 spiro atoms. The molecule has 0 saturated heterocycles. The van der Waals surface area contributed by atoms with E-state index in [0.29, 0.717) is 18.7 Å². The van der Waals surface area contributed by atoms with Crippen LogP contribution < -0.4 is 5.32 Å². The number of hydrogen-bond acceptors (Lipinski definition) is 3. The lowest BCUT2D eigenvalue weighted by Gasteiger charge is -2.11. The van der Waals surface area contributed by atoms with Crippen molar-refractivity contribution in [2.24, 2.45) is 0 Å². The van der Waals surface area contributed by atoms with Gasteiger partial charge in [0, 0.05) is 20.2 Å². The van der Waals surface area contributed by atoms with E-state index in [0.717, 1.165) is 0 Å². The van der Waals surface area contributed by atoms with Gasteiger partial charge in [-0.1, -0.05) is 23.7 Å². The average Bonchev–Trinajstić information content (AvgIpc) is 2.25. The zero-order valence-electron chi connectivity index (χ0n) is 9.04. The molecule has 0 amide bonds. The topological polar surface area (TPSA) is 41.5 Å². The molecule has 0 bridgehead atoms. The van der Waals surface area contributed by atoms with Gasteiger partial charge in [-0.3, -0.25) is 0 Å². The number of rotatable bonds is 6. The van der Waals surface area contributed by atoms with Crippen LogP contribution in [0.5, 0.6) is 0 Å². The molecule has 1 rings (SSSR count). The van der Waals surface area contributed by atoms with Crippen molar-refractivity contribution < 1.29 is 14.2 Å². The average molecular weight is 248 g/mol. The quantitative estimate of drug-likeness (QED) is 0.802. The lowest BCUT2D eigenvalue weighted by atomic mass is 10.2. The standard InChI is InChI=1S/C11H15ClFNO2/c1-16-7-9(15)6-14-5-8-3-2-4-10(13)11(8)12/h2-4,9,14-15H,5-7H2,1H3. The summed E-state index contributed by atoms with van der Waals surface area (Å²) in [6, 6.07) is 4.65. The van der Waals surface area contributed by atoms with E-state index < -0.39 is 11.9 Å². The number of methoxy groups -OCH3 is 1. The third-order valence-electron chi connectivity index (χ3n) is 2.09. The Morgan fingerprint density at radius 2 is 2.31 bits per heavy atom. The molecule has 0 aliphatic carbocycles. The Balaban J connectivity index is 2.40. The highest BCUT2D eigenvalue weighted by molar-refractivity contribution is 6.31. The van der Waals surface area contributed by atoms with Gasteiger partial charge in [0.25, 0.3) is 0 Å². The first kappa shape index (κ1) is 13.4. The second-order valence-electron chi connectivity index (χ2n) is 3.45. The van der Waals surface area contributed by atoms with Gasteiger partial charge in [-0.15, -0.1) is 0 Å². The third-order valence-corrected chi connectivity index (χ3v) is 2.51. The van der Waals surface area contributed by atoms with Gasteiger partial charge in [0.05, 0.1) is 17.7 Å². The summed E-state index contributed by atoms with van der Waals surface area (Å²) in [6.07, 6.45) is -0.572. The Morgan fingerprint density at radius 3 is 3.00 bits per heavy atom. The van der Waals surface area contributed by atoms with E-state index in [2.05, 4.69) is 5.32 Å². The second-order valence-corrected chi connectivity index (χ2v) is 3.83. The van der Waals surface area contributed by atoms with Gasteiger partial charge in [0.1, 0.15) is 5.82 Å². The zero-order valence-corrected chi connectivity index (χ0v) is 9.80. The maximum Gasteiger partial charge on any atom is 0.142 e. The van der Waals surface area contributed by atoms with Crippen LogP contribution in [0.25, 0.3) is 0 Å². The first-order chi connectivity index (χ1) is 7.65.